The molecule has 4 unspecified atom stereocenters. The van der Waals surface area contributed by atoms with E-state index in [1.54, 1.807) is 23.5 Å². The van der Waals surface area contributed by atoms with Crippen LogP contribution in [-0.4, -0.2) is 37.7 Å². The van der Waals surface area contributed by atoms with Crippen LogP contribution in [0, 0.1) is 23.3 Å². The van der Waals surface area contributed by atoms with Gasteiger partial charge in [0.05, 0.1) is 0 Å². The van der Waals surface area contributed by atoms with Crippen LogP contribution in [-0.2, 0) is 0 Å². The van der Waals surface area contributed by atoms with Gasteiger partial charge in [0.2, 0.25) is 0 Å². The summed E-state index contributed by atoms with van der Waals surface area (Å²) in [6.45, 7) is 4.10. The summed E-state index contributed by atoms with van der Waals surface area (Å²) >= 11 is 3.23. The van der Waals surface area contributed by atoms with Gasteiger partial charge in [0, 0.05) is 81.8 Å². The van der Waals surface area contributed by atoms with Gasteiger partial charge in [-0.05, 0) is 49.2 Å². The summed E-state index contributed by atoms with van der Waals surface area (Å²) in [7, 11) is 7.86. The van der Waals surface area contributed by atoms with Crippen molar-refractivity contribution in [3.05, 3.63) is 106 Å². The minimum absolute atomic E-state index is 0.0742. The highest BCUT2D eigenvalue weighted by Crippen LogP contribution is 2.73. The van der Waals surface area contributed by atoms with Crippen LogP contribution >= 0.6 is 23.5 Å². The molecule has 0 spiro atoms. The number of allylic oxidation sites excluding steroid dienone is 2. The highest BCUT2D eigenvalue weighted by atomic mass is 32.2. The first-order chi connectivity index (χ1) is 18.9. The zero-order valence-electron chi connectivity index (χ0n) is 23.2. The van der Waals surface area contributed by atoms with Crippen molar-refractivity contribution in [2.45, 2.75) is 35.2 Å². The molecule has 4 atom stereocenters. The predicted octanol–water partition coefficient (Wildman–Crippen LogP) is 8.65. The van der Waals surface area contributed by atoms with Crippen molar-refractivity contribution >= 4 is 44.7 Å². The van der Waals surface area contributed by atoms with Crippen LogP contribution < -0.4 is 9.80 Å². The Morgan fingerprint density at radius 1 is 0.550 bits per heavy atom. The molecule has 3 aliphatic rings. The summed E-state index contributed by atoms with van der Waals surface area (Å²) in [5.74, 6) is -7.40. The Kier molecular flexibility index (Phi) is 6.39. The standard InChI is InChI=1S/C32H30F4N2S2/c1-31-21(15-23(39-31)17-7-11-19(12-8-17)37(3)4)25-26(28(34)30(36)29(35)27(25)33)22-16-24(40-32(22,31)2)18-9-13-20(14-10-18)38(5)6/h7-16,21-22H,1-6H3. The van der Waals surface area contributed by atoms with Gasteiger partial charge in [-0.1, -0.05) is 36.4 Å². The molecule has 1 aliphatic carbocycles. The fourth-order valence-corrected chi connectivity index (χ4v) is 9.61. The van der Waals surface area contributed by atoms with E-state index in [1.807, 2.05) is 113 Å². The quantitative estimate of drug-likeness (QED) is 0.173. The SMILES string of the molecule is CN(C)c1ccc(C2=CC3c4c(F)c(F)c(F)c(F)c4C4C=C(c5ccc(N(C)C)cc5)SC4(C)C3(C)S2)cc1. The van der Waals surface area contributed by atoms with E-state index in [-0.39, 0.29) is 11.1 Å². The molecular weight excluding hydrogens is 552 g/mol. The monoisotopic (exact) mass is 582 g/mol. The highest BCUT2D eigenvalue weighted by molar-refractivity contribution is 8.13. The van der Waals surface area contributed by atoms with E-state index in [0.29, 0.717) is 0 Å². The van der Waals surface area contributed by atoms with Crippen molar-refractivity contribution in [3.63, 3.8) is 0 Å². The van der Waals surface area contributed by atoms with Crippen LogP contribution in [0.15, 0.2) is 60.7 Å². The first-order valence-corrected chi connectivity index (χ1v) is 14.7. The summed E-state index contributed by atoms with van der Waals surface area (Å²) in [6, 6.07) is 16.1. The van der Waals surface area contributed by atoms with Crippen molar-refractivity contribution in [2.75, 3.05) is 38.0 Å². The maximum absolute atomic E-state index is 15.7. The fourth-order valence-electron chi connectivity index (χ4n) is 6.24. The van der Waals surface area contributed by atoms with Gasteiger partial charge in [-0.2, -0.15) is 0 Å². The maximum Gasteiger partial charge on any atom is 0.197 e. The van der Waals surface area contributed by atoms with E-state index < -0.39 is 44.6 Å². The molecule has 6 rings (SSSR count). The molecule has 2 nitrogen and oxygen atoms in total. The van der Waals surface area contributed by atoms with E-state index in [9.17, 15) is 8.78 Å². The normalized spacial score (nSPS) is 26.6. The lowest BCUT2D eigenvalue weighted by Gasteiger charge is -2.52. The van der Waals surface area contributed by atoms with Crippen LogP contribution in [0.4, 0.5) is 28.9 Å². The van der Waals surface area contributed by atoms with Gasteiger partial charge in [0.1, 0.15) is 0 Å². The lowest BCUT2D eigenvalue weighted by atomic mass is 9.63. The average Bonchev–Trinajstić information content (AvgIpc) is 3.49. The summed E-state index contributed by atoms with van der Waals surface area (Å²) in [6.07, 6.45) is 3.83. The van der Waals surface area contributed by atoms with Crippen LogP contribution in [0.1, 0.15) is 47.9 Å². The smallest absolute Gasteiger partial charge is 0.197 e. The van der Waals surface area contributed by atoms with Crippen LogP contribution in [0.3, 0.4) is 0 Å². The Balaban J connectivity index is 1.52. The van der Waals surface area contributed by atoms with Crippen LogP contribution in [0.25, 0.3) is 9.81 Å². The molecule has 0 N–H and O–H groups in total. The van der Waals surface area contributed by atoms with Gasteiger partial charge in [-0.25, -0.2) is 17.6 Å². The molecule has 0 bridgehead atoms. The number of rotatable bonds is 4. The van der Waals surface area contributed by atoms with Crippen molar-refractivity contribution < 1.29 is 17.6 Å². The lowest BCUT2D eigenvalue weighted by Crippen LogP contribution is -2.53. The Morgan fingerprint density at radius 3 is 1.18 bits per heavy atom. The molecule has 0 fully saturated rings. The van der Waals surface area contributed by atoms with E-state index >= 15 is 8.78 Å². The van der Waals surface area contributed by atoms with Crippen molar-refractivity contribution in [2.24, 2.45) is 0 Å². The Morgan fingerprint density at radius 2 is 0.875 bits per heavy atom. The first-order valence-electron chi connectivity index (χ1n) is 13.1. The van der Waals surface area contributed by atoms with E-state index in [1.165, 1.54) is 0 Å². The Hall–Kier alpha value is -2.84. The number of thioether (sulfide) groups is 2. The minimum atomic E-state index is -1.75. The summed E-state index contributed by atoms with van der Waals surface area (Å²) in [4.78, 5) is 5.84. The first kappa shape index (κ1) is 27.3. The Labute approximate surface area is 241 Å². The lowest BCUT2D eigenvalue weighted by molar-refractivity contribution is 0.340. The molecule has 0 saturated heterocycles. The molecule has 3 aromatic carbocycles. The molecule has 40 heavy (non-hydrogen) atoms. The van der Waals surface area contributed by atoms with Gasteiger partial charge < -0.3 is 9.80 Å². The molecule has 0 aromatic heterocycles. The number of halogens is 4. The average molecular weight is 583 g/mol. The second-order valence-electron chi connectivity index (χ2n) is 11.4. The molecule has 3 aromatic rings. The predicted molar refractivity (Wildman–Crippen MR) is 161 cm³/mol. The molecular formula is C32H30F4N2S2. The van der Waals surface area contributed by atoms with Crippen LogP contribution in [0.2, 0.25) is 0 Å². The second kappa shape index (κ2) is 9.35. The number of benzene rings is 3. The third kappa shape index (κ3) is 3.78. The summed E-state index contributed by atoms with van der Waals surface area (Å²) < 4.78 is 59.5. The van der Waals surface area contributed by atoms with Gasteiger partial charge in [0.25, 0.3) is 0 Å². The van der Waals surface area contributed by atoms with Crippen molar-refractivity contribution in [1.29, 1.82) is 0 Å². The van der Waals surface area contributed by atoms with E-state index in [2.05, 4.69) is 0 Å². The van der Waals surface area contributed by atoms with Gasteiger partial charge >= 0.3 is 0 Å². The molecule has 0 saturated carbocycles. The van der Waals surface area contributed by atoms with E-state index in [0.717, 1.165) is 32.3 Å². The Bertz CT molecular complexity index is 1460. The van der Waals surface area contributed by atoms with Crippen LogP contribution in [0.5, 0.6) is 0 Å². The van der Waals surface area contributed by atoms with E-state index in [4.69, 9.17) is 0 Å². The van der Waals surface area contributed by atoms with Gasteiger partial charge in [-0.3, -0.25) is 0 Å². The highest BCUT2D eigenvalue weighted by Gasteiger charge is 2.64. The zero-order valence-corrected chi connectivity index (χ0v) is 24.8. The molecule has 208 valence electrons. The number of fused-ring (bicyclic) bond motifs is 6. The third-order valence-electron chi connectivity index (χ3n) is 8.75. The molecule has 0 radical (unpaired) electrons. The number of hydrogen-bond donors (Lipinski definition) is 0. The molecule has 2 heterocycles. The molecule has 8 heteroatoms. The molecule has 0 amide bonds. The fraction of sp³-hybridized carbons (Fsp3) is 0.312. The van der Waals surface area contributed by atoms with Gasteiger partial charge in [-0.15, -0.1) is 23.5 Å². The topological polar surface area (TPSA) is 6.48 Å². The number of anilines is 2. The number of hydrogen-bond acceptors (Lipinski definition) is 4. The molecule has 2 aliphatic heterocycles. The van der Waals surface area contributed by atoms with Crippen molar-refractivity contribution in [3.8, 4) is 0 Å². The third-order valence-corrected chi connectivity index (χ3v) is 12.3. The summed E-state index contributed by atoms with van der Waals surface area (Å²) in [5, 5.41) is 0. The summed E-state index contributed by atoms with van der Waals surface area (Å²) in [5.41, 5.74) is 3.84. The largest absolute Gasteiger partial charge is 0.378 e. The van der Waals surface area contributed by atoms with Crippen molar-refractivity contribution in [1.82, 2.24) is 0 Å². The van der Waals surface area contributed by atoms with Gasteiger partial charge in [0.15, 0.2) is 23.3 Å². The second-order valence-corrected chi connectivity index (χ2v) is 14.4. The zero-order chi connectivity index (χ0) is 28.7. The minimum Gasteiger partial charge on any atom is -0.378 e. The maximum atomic E-state index is 15.7. The number of nitrogens with zero attached hydrogens (tertiary/aromatic N) is 2.